The third kappa shape index (κ3) is 4.57. The van der Waals surface area contributed by atoms with E-state index < -0.39 is 0 Å². The van der Waals surface area contributed by atoms with Crippen molar-refractivity contribution >= 4 is 45.7 Å². The molecule has 1 aromatic heterocycles. The second kappa shape index (κ2) is 8.86. The van der Waals surface area contributed by atoms with Crippen LogP contribution in [0.25, 0.3) is 10.9 Å². The Bertz CT molecular complexity index is 1300. The molecule has 2 N–H and O–H groups in total. The maximum Gasteiger partial charge on any atom is 0.261 e. The van der Waals surface area contributed by atoms with E-state index in [4.69, 9.17) is 11.6 Å². The zero-order chi connectivity index (χ0) is 22.9. The molecule has 2 amide bonds. The highest BCUT2D eigenvalue weighted by Gasteiger charge is 2.28. The maximum absolute atomic E-state index is 13.0. The van der Waals surface area contributed by atoms with E-state index >= 15 is 0 Å². The van der Waals surface area contributed by atoms with Crippen molar-refractivity contribution in [1.82, 2.24) is 14.9 Å². The molecule has 2 heterocycles. The number of benzene rings is 2. The molecule has 33 heavy (non-hydrogen) atoms. The maximum atomic E-state index is 13.0. The van der Waals surface area contributed by atoms with Gasteiger partial charge in [-0.1, -0.05) is 23.7 Å². The fraction of sp³-hybridized carbons (Fsp3) is 0.333. The average molecular weight is 466 g/mol. The number of rotatable bonds is 6. The average Bonchev–Trinajstić information content (AvgIpc) is 3.63. The van der Waals surface area contributed by atoms with Crippen LogP contribution in [0, 0.1) is 0 Å². The second-order valence-electron chi connectivity index (χ2n) is 8.44. The van der Waals surface area contributed by atoms with E-state index in [1.807, 2.05) is 29.2 Å². The molecule has 3 aromatic rings. The number of para-hydroxylation sites is 1. The Morgan fingerprint density at radius 2 is 2.00 bits per heavy atom. The van der Waals surface area contributed by atoms with E-state index in [0.717, 1.165) is 18.5 Å². The lowest BCUT2D eigenvalue weighted by Crippen LogP contribution is -2.47. The number of carbonyl (C=O) groups excluding carboxylic acids is 2. The number of hydrogen-bond donors (Lipinski definition) is 2. The predicted octanol–water partition coefficient (Wildman–Crippen LogP) is 2.89. The van der Waals surface area contributed by atoms with Crippen LogP contribution < -0.4 is 21.1 Å². The molecule has 2 aromatic carbocycles. The fourth-order valence-corrected chi connectivity index (χ4v) is 4.51. The van der Waals surface area contributed by atoms with Crippen LogP contribution in [0.2, 0.25) is 5.02 Å². The number of anilines is 2. The zero-order valence-corrected chi connectivity index (χ0v) is 18.8. The van der Waals surface area contributed by atoms with E-state index in [9.17, 15) is 14.4 Å². The normalized spacial score (nSPS) is 16.0. The Hall–Kier alpha value is -3.39. The molecule has 170 valence electrons. The lowest BCUT2D eigenvalue weighted by atomic mass is 10.2. The standard InChI is InChI=1S/C24H24ClN5O3/c25-18-13-15(5-8-20(18)29-12-11-26-23(32)14-29)27-22(31)10-9-21-28-19-4-2-1-3-17(19)24(33)30(21)16-6-7-16/h1-5,8,13,16H,6-7,9-12,14H2,(H,26,32)(H,27,31). The summed E-state index contributed by atoms with van der Waals surface area (Å²) in [5.74, 6) is 0.427. The molecule has 8 nitrogen and oxygen atoms in total. The smallest absolute Gasteiger partial charge is 0.261 e. The van der Waals surface area contributed by atoms with Crippen LogP contribution in [-0.4, -0.2) is 41.0 Å². The van der Waals surface area contributed by atoms with Gasteiger partial charge in [0.15, 0.2) is 0 Å². The highest BCUT2D eigenvalue weighted by Crippen LogP contribution is 2.35. The third-order valence-corrected chi connectivity index (χ3v) is 6.28. The molecular weight excluding hydrogens is 442 g/mol. The molecule has 1 aliphatic carbocycles. The first-order chi connectivity index (χ1) is 16.0. The van der Waals surface area contributed by atoms with E-state index in [-0.39, 0.29) is 36.4 Å². The quantitative estimate of drug-likeness (QED) is 0.583. The van der Waals surface area contributed by atoms with Crippen LogP contribution in [0.1, 0.15) is 31.1 Å². The Morgan fingerprint density at radius 1 is 1.18 bits per heavy atom. The molecule has 0 bridgehead atoms. The Labute approximate surface area is 195 Å². The number of hydrogen-bond acceptors (Lipinski definition) is 5. The van der Waals surface area contributed by atoms with Crippen molar-refractivity contribution in [1.29, 1.82) is 0 Å². The van der Waals surface area contributed by atoms with Gasteiger partial charge in [0.2, 0.25) is 11.8 Å². The molecule has 1 saturated heterocycles. The highest BCUT2D eigenvalue weighted by atomic mass is 35.5. The number of halogens is 1. The number of aryl methyl sites for hydroxylation is 1. The summed E-state index contributed by atoms with van der Waals surface area (Å²) in [5, 5.41) is 6.74. The lowest BCUT2D eigenvalue weighted by molar-refractivity contribution is -0.120. The van der Waals surface area contributed by atoms with Crippen molar-refractivity contribution in [2.45, 2.75) is 31.7 Å². The van der Waals surface area contributed by atoms with Crippen LogP contribution >= 0.6 is 11.6 Å². The van der Waals surface area contributed by atoms with Crippen molar-refractivity contribution in [2.24, 2.45) is 0 Å². The summed E-state index contributed by atoms with van der Waals surface area (Å²) in [4.78, 5) is 43.8. The Balaban J connectivity index is 1.28. The molecule has 1 saturated carbocycles. The molecule has 5 rings (SSSR count). The summed E-state index contributed by atoms with van der Waals surface area (Å²) in [6, 6.07) is 12.8. The van der Waals surface area contributed by atoms with Gasteiger partial charge in [0.25, 0.3) is 5.56 Å². The lowest BCUT2D eigenvalue weighted by Gasteiger charge is -2.29. The van der Waals surface area contributed by atoms with Crippen molar-refractivity contribution < 1.29 is 9.59 Å². The first-order valence-corrected chi connectivity index (χ1v) is 11.5. The fourth-order valence-electron chi connectivity index (χ4n) is 4.21. The first kappa shape index (κ1) is 21.5. The van der Waals surface area contributed by atoms with Gasteiger partial charge in [0.05, 0.1) is 28.2 Å². The van der Waals surface area contributed by atoms with Gasteiger partial charge in [-0.3, -0.25) is 19.0 Å². The van der Waals surface area contributed by atoms with Crippen molar-refractivity contribution in [3.05, 3.63) is 63.7 Å². The van der Waals surface area contributed by atoms with E-state index in [1.165, 1.54) is 0 Å². The Morgan fingerprint density at radius 3 is 2.76 bits per heavy atom. The molecule has 2 aliphatic rings. The van der Waals surface area contributed by atoms with Crippen molar-refractivity contribution in [3.8, 4) is 0 Å². The summed E-state index contributed by atoms with van der Waals surface area (Å²) in [6.45, 7) is 1.51. The van der Waals surface area contributed by atoms with Gasteiger partial charge < -0.3 is 15.5 Å². The van der Waals surface area contributed by atoms with E-state index in [2.05, 4.69) is 15.6 Å². The van der Waals surface area contributed by atoms with Gasteiger partial charge in [-0.2, -0.15) is 0 Å². The molecule has 0 atom stereocenters. The first-order valence-electron chi connectivity index (χ1n) is 11.1. The van der Waals surface area contributed by atoms with Crippen LogP contribution in [0.4, 0.5) is 11.4 Å². The highest BCUT2D eigenvalue weighted by molar-refractivity contribution is 6.33. The molecule has 9 heteroatoms. The van der Waals surface area contributed by atoms with Gasteiger partial charge >= 0.3 is 0 Å². The molecule has 1 aliphatic heterocycles. The van der Waals surface area contributed by atoms with E-state index in [1.54, 1.807) is 22.8 Å². The monoisotopic (exact) mass is 465 g/mol. The largest absolute Gasteiger partial charge is 0.359 e. The molecule has 2 fully saturated rings. The number of nitrogens with zero attached hydrogens (tertiary/aromatic N) is 3. The zero-order valence-electron chi connectivity index (χ0n) is 18.0. The van der Waals surface area contributed by atoms with Crippen LogP contribution in [-0.2, 0) is 16.0 Å². The van der Waals surface area contributed by atoms with Crippen molar-refractivity contribution in [3.63, 3.8) is 0 Å². The second-order valence-corrected chi connectivity index (χ2v) is 8.84. The van der Waals surface area contributed by atoms with Crippen molar-refractivity contribution in [2.75, 3.05) is 29.9 Å². The van der Waals surface area contributed by atoms with Gasteiger partial charge in [-0.25, -0.2) is 4.98 Å². The predicted molar refractivity (Wildman–Crippen MR) is 128 cm³/mol. The summed E-state index contributed by atoms with van der Waals surface area (Å²) in [5.41, 5.74) is 1.97. The topological polar surface area (TPSA) is 96.3 Å². The summed E-state index contributed by atoms with van der Waals surface area (Å²) >= 11 is 6.43. The van der Waals surface area contributed by atoms with Gasteiger partial charge in [-0.15, -0.1) is 0 Å². The summed E-state index contributed by atoms with van der Waals surface area (Å²) < 4.78 is 1.76. The summed E-state index contributed by atoms with van der Waals surface area (Å²) in [7, 11) is 0. The van der Waals surface area contributed by atoms with Gasteiger partial charge in [-0.05, 0) is 43.2 Å². The number of piperazine rings is 1. The molecule has 0 radical (unpaired) electrons. The Kier molecular flexibility index (Phi) is 5.76. The van der Waals surface area contributed by atoms with E-state index in [0.29, 0.717) is 46.9 Å². The van der Waals surface area contributed by atoms with Crippen LogP contribution in [0.15, 0.2) is 47.3 Å². The van der Waals surface area contributed by atoms with Gasteiger partial charge in [0, 0.05) is 37.7 Å². The minimum Gasteiger partial charge on any atom is -0.359 e. The number of amides is 2. The van der Waals surface area contributed by atoms with Crippen LogP contribution in [0.5, 0.6) is 0 Å². The number of nitrogens with one attached hydrogen (secondary N) is 2. The van der Waals surface area contributed by atoms with Crippen LogP contribution in [0.3, 0.4) is 0 Å². The molecular formula is C24H24ClN5O3. The van der Waals surface area contributed by atoms with Gasteiger partial charge in [0.1, 0.15) is 5.82 Å². The number of aromatic nitrogens is 2. The third-order valence-electron chi connectivity index (χ3n) is 5.98. The SMILES string of the molecule is O=C1CN(c2ccc(NC(=O)CCc3nc4ccccc4c(=O)n3C3CC3)cc2Cl)CCN1. The molecule has 0 unspecified atom stereocenters. The number of carbonyl (C=O) groups is 2. The minimum absolute atomic E-state index is 0.0349. The summed E-state index contributed by atoms with van der Waals surface area (Å²) in [6.07, 6.45) is 2.49. The molecule has 0 spiro atoms. The number of fused-ring (bicyclic) bond motifs is 1. The minimum atomic E-state index is -0.180.